The van der Waals surface area contributed by atoms with Crippen molar-refractivity contribution in [3.8, 4) is 0 Å². The van der Waals surface area contributed by atoms with Gasteiger partial charge in [0.15, 0.2) is 0 Å². The zero-order chi connectivity index (χ0) is 15.2. The number of fused-ring (bicyclic) bond motifs is 1. The Morgan fingerprint density at radius 1 is 1.43 bits per heavy atom. The molecular formula is C16H16N2O2Se. The van der Waals surface area contributed by atoms with Crippen molar-refractivity contribution in [1.82, 2.24) is 0 Å². The molecule has 0 spiro atoms. The average Bonchev–Trinajstić information content (AvgIpc) is 2.85. The van der Waals surface area contributed by atoms with Crippen LogP contribution in [0.4, 0.5) is 5.69 Å². The van der Waals surface area contributed by atoms with E-state index in [9.17, 15) is 4.79 Å². The first-order chi connectivity index (χ1) is 10.2. The summed E-state index contributed by atoms with van der Waals surface area (Å²) in [7, 11) is 0. The summed E-state index contributed by atoms with van der Waals surface area (Å²) < 4.78 is 7.34. The number of nitrogens with zero attached hydrogens (tertiary/aromatic N) is 2. The Morgan fingerprint density at radius 3 is 2.86 bits per heavy atom. The van der Waals surface area contributed by atoms with Gasteiger partial charge in [0, 0.05) is 0 Å². The molecule has 0 aliphatic carbocycles. The number of hydrogen-bond acceptors (Lipinski definition) is 3. The standard InChI is InChI=1S/C16H16N2O2Se/c1-4-18-13-8-6-7-9-14(13)21-15(18)11-10-12(17-3)16(19)20-5-2/h6-11H,4-5H2,1-2H3. The maximum absolute atomic E-state index is 11.6. The van der Waals surface area contributed by atoms with Gasteiger partial charge in [-0.25, -0.2) is 0 Å². The Morgan fingerprint density at radius 2 is 2.19 bits per heavy atom. The Hall–Kier alpha value is -2.02. The molecule has 21 heavy (non-hydrogen) atoms. The summed E-state index contributed by atoms with van der Waals surface area (Å²) in [5, 5.41) is 0. The Kier molecular flexibility index (Phi) is 5.21. The number of benzene rings is 1. The number of para-hydroxylation sites is 1. The molecule has 0 saturated heterocycles. The number of esters is 1. The van der Waals surface area contributed by atoms with Crippen LogP contribution in [0.1, 0.15) is 13.8 Å². The van der Waals surface area contributed by atoms with Crippen LogP contribution in [0.15, 0.2) is 46.7 Å². The molecule has 0 radical (unpaired) electrons. The molecule has 2 rings (SSSR count). The van der Waals surface area contributed by atoms with Crippen LogP contribution in [0.5, 0.6) is 0 Å². The van der Waals surface area contributed by atoms with Crippen LogP contribution in [0, 0.1) is 6.57 Å². The Labute approximate surface area is 131 Å². The van der Waals surface area contributed by atoms with Gasteiger partial charge in [0.2, 0.25) is 0 Å². The molecule has 0 saturated carbocycles. The summed E-state index contributed by atoms with van der Waals surface area (Å²) in [6.45, 7) is 12.1. The average molecular weight is 347 g/mol. The van der Waals surface area contributed by atoms with E-state index in [0.717, 1.165) is 11.1 Å². The molecule has 0 aromatic heterocycles. The number of hydrogen-bond donors (Lipinski definition) is 0. The van der Waals surface area contributed by atoms with Crippen molar-refractivity contribution >= 4 is 31.1 Å². The fourth-order valence-electron chi connectivity index (χ4n) is 2.01. The monoisotopic (exact) mass is 348 g/mol. The first-order valence-corrected chi connectivity index (χ1v) is 8.43. The molecule has 1 heterocycles. The topological polar surface area (TPSA) is 33.9 Å². The molecule has 0 fully saturated rings. The number of carbonyl (C=O) groups excluding carboxylic acids is 1. The van der Waals surface area contributed by atoms with Gasteiger partial charge in [-0.2, -0.15) is 0 Å². The van der Waals surface area contributed by atoms with Gasteiger partial charge < -0.3 is 0 Å². The van der Waals surface area contributed by atoms with Gasteiger partial charge in [0.05, 0.1) is 0 Å². The van der Waals surface area contributed by atoms with Crippen molar-refractivity contribution < 1.29 is 9.53 Å². The van der Waals surface area contributed by atoms with Crippen LogP contribution >= 0.6 is 0 Å². The molecule has 0 bridgehead atoms. The van der Waals surface area contributed by atoms with Gasteiger partial charge in [0.1, 0.15) is 0 Å². The third-order valence-corrected chi connectivity index (χ3v) is 5.31. The maximum atomic E-state index is 11.6. The summed E-state index contributed by atoms with van der Waals surface area (Å²) in [4.78, 5) is 17.1. The van der Waals surface area contributed by atoms with E-state index in [4.69, 9.17) is 11.3 Å². The van der Waals surface area contributed by atoms with E-state index >= 15 is 0 Å². The fourth-order valence-corrected chi connectivity index (χ4v) is 4.38. The molecular weight excluding hydrogens is 331 g/mol. The number of anilines is 1. The second-order valence-electron chi connectivity index (χ2n) is 4.20. The van der Waals surface area contributed by atoms with Crippen LogP contribution in [-0.4, -0.2) is 34.1 Å². The molecule has 1 aromatic rings. The molecule has 0 N–H and O–H groups in total. The number of allylic oxidation sites excluding steroid dienone is 2. The molecule has 0 atom stereocenters. The van der Waals surface area contributed by atoms with Crippen molar-refractivity contribution in [3.05, 3.63) is 58.1 Å². The SMILES string of the molecule is [C-]#[N+]C(=CC=C1[Se]c2ccccc2N1CC)C(=O)OCC. The predicted octanol–water partition coefficient (Wildman–Crippen LogP) is 2.06. The summed E-state index contributed by atoms with van der Waals surface area (Å²) in [6.07, 6.45) is 3.43. The van der Waals surface area contributed by atoms with Gasteiger partial charge in [0.25, 0.3) is 0 Å². The summed E-state index contributed by atoms with van der Waals surface area (Å²) in [5.41, 5.74) is 1.24. The first-order valence-electron chi connectivity index (χ1n) is 6.72. The van der Waals surface area contributed by atoms with Gasteiger partial charge in [-0.05, 0) is 0 Å². The van der Waals surface area contributed by atoms with E-state index in [-0.39, 0.29) is 27.3 Å². The molecule has 5 heteroatoms. The fraction of sp³-hybridized carbons (Fsp3) is 0.250. The number of carbonyl (C=O) groups is 1. The summed E-state index contributed by atoms with van der Waals surface area (Å²) >= 11 is 0.199. The zero-order valence-electron chi connectivity index (χ0n) is 12.0. The van der Waals surface area contributed by atoms with Crippen LogP contribution < -0.4 is 9.36 Å². The van der Waals surface area contributed by atoms with E-state index in [1.165, 1.54) is 10.1 Å². The summed E-state index contributed by atoms with van der Waals surface area (Å²) in [5.74, 6) is -0.560. The van der Waals surface area contributed by atoms with Crippen LogP contribution in [0.3, 0.4) is 0 Å². The van der Waals surface area contributed by atoms with Gasteiger partial charge >= 0.3 is 131 Å². The van der Waals surface area contributed by atoms with E-state index in [1.54, 1.807) is 13.0 Å². The van der Waals surface area contributed by atoms with E-state index in [2.05, 4.69) is 28.8 Å². The molecule has 4 nitrogen and oxygen atoms in total. The normalized spacial score (nSPS) is 15.8. The predicted molar refractivity (Wildman–Crippen MR) is 84.3 cm³/mol. The van der Waals surface area contributed by atoms with E-state index < -0.39 is 5.97 Å². The van der Waals surface area contributed by atoms with Gasteiger partial charge in [-0.1, -0.05) is 0 Å². The van der Waals surface area contributed by atoms with Crippen molar-refractivity contribution in [1.29, 1.82) is 0 Å². The minimum absolute atomic E-state index is 0.0205. The van der Waals surface area contributed by atoms with Gasteiger partial charge in [-0.3, -0.25) is 0 Å². The zero-order valence-corrected chi connectivity index (χ0v) is 13.7. The van der Waals surface area contributed by atoms with Crippen molar-refractivity contribution in [2.45, 2.75) is 13.8 Å². The number of ether oxygens (including phenoxy) is 1. The molecule has 1 aliphatic rings. The Balaban J connectivity index is 2.26. The Bertz CT molecular complexity index is 644. The van der Waals surface area contributed by atoms with Crippen molar-refractivity contribution in [3.63, 3.8) is 0 Å². The second-order valence-corrected chi connectivity index (χ2v) is 6.43. The van der Waals surface area contributed by atoms with Crippen molar-refractivity contribution in [2.75, 3.05) is 18.1 Å². The molecule has 0 amide bonds. The van der Waals surface area contributed by atoms with Gasteiger partial charge in [-0.15, -0.1) is 0 Å². The summed E-state index contributed by atoms with van der Waals surface area (Å²) in [6, 6.07) is 8.30. The molecule has 1 aromatic carbocycles. The second kappa shape index (κ2) is 7.12. The third kappa shape index (κ3) is 3.36. The quantitative estimate of drug-likeness (QED) is 0.362. The van der Waals surface area contributed by atoms with E-state index in [1.807, 2.05) is 18.2 Å². The van der Waals surface area contributed by atoms with Crippen LogP contribution in [0.25, 0.3) is 4.85 Å². The van der Waals surface area contributed by atoms with E-state index in [0.29, 0.717) is 0 Å². The van der Waals surface area contributed by atoms with Crippen LogP contribution in [-0.2, 0) is 9.53 Å². The molecule has 0 unspecified atom stereocenters. The third-order valence-electron chi connectivity index (χ3n) is 2.94. The minimum atomic E-state index is -0.560. The molecule has 1 aliphatic heterocycles. The van der Waals surface area contributed by atoms with Crippen LogP contribution in [0.2, 0.25) is 0 Å². The first kappa shape index (κ1) is 15.4. The van der Waals surface area contributed by atoms with Crippen molar-refractivity contribution in [2.24, 2.45) is 0 Å². The number of rotatable bonds is 4. The molecule has 108 valence electrons.